The van der Waals surface area contributed by atoms with E-state index in [-0.39, 0.29) is 11.2 Å². The molecule has 6 heteroatoms. The van der Waals surface area contributed by atoms with E-state index in [9.17, 15) is 9.90 Å². The minimum absolute atomic E-state index is 0.0991. The molecule has 0 fully saturated rings. The molecule has 0 saturated carbocycles. The van der Waals surface area contributed by atoms with E-state index >= 15 is 0 Å². The van der Waals surface area contributed by atoms with Gasteiger partial charge >= 0.3 is 0 Å². The quantitative estimate of drug-likeness (QED) is 0.380. The molecule has 0 aliphatic carbocycles. The minimum atomic E-state index is -0.0991. The van der Waals surface area contributed by atoms with E-state index in [1.807, 2.05) is 84.8 Å². The zero-order chi connectivity index (χ0) is 23.7. The molecule has 3 aromatic carbocycles. The summed E-state index contributed by atoms with van der Waals surface area (Å²) in [6.45, 7) is 2.82. The van der Waals surface area contributed by atoms with Crippen LogP contribution in [0.5, 0.6) is 5.75 Å². The first-order chi connectivity index (χ1) is 16.5. The summed E-state index contributed by atoms with van der Waals surface area (Å²) in [5.41, 5.74) is 4.32. The molecule has 0 bridgehead atoms. The summed E-state index contributed by atoms with van der Waals surface area (Å²) >= 11 is 0. The third kappa shape index (κ3) is 4.11. The molecular formula is C28H25N3O3. The highest BCUT2D eigenvalue weighted by Gasteiger charge is 2.19. The second-order valence-corrected chi connectivity index (χ2v) is 8.47. The number of nitrogens with zero attached hydrogens (tertiary/aromatic N) is 3. The van der Waals surface area contributed by atoms with Gasteiger partial charge in [0.15, 0.2) is 0 Å². The smallest absolute Gasteiger partial charge is 0.200 e. The number of fused-ring (bicyclic) bond motifs is 1. The fraction of sp³-hybridized carbons (Fsp3) is 0.143. The van der Waals surface area contributed by atoms with Crippen LogP contribution in [0.2, 0.25) is 0 Å². The van der Waals surface area contributed by atoms with Crippen molar-refractivity contribution in [1.82, 2.24) is 14.7 Å². The number of aryl methyl sites for hydroxylation is 1. The molecule has 1 N–H and O–H groups in total. The van der Waals surface area contributed by atoms with E-state index in [1.54, 1.807) is 19.1 Å². The van der Waals surface area contributed by atoms with Gasteiger partial charge in [0.2, 0.25) is 5.43 Å². The van der Waals surface area contributed by atoms with E-state index in [4.69, 9.17) is 4.42 Å². The van der Waals surface area contributed by atoms with Gasteiger partial charge in [-0.05, 0) is 43.8 Å². The van der Waals surface area contributed by atoms with Crippen LogP contribution in [0.15, 0.2) is 94.4 Å². The molecule has 0 amide bonds. The van der Waals surface area contributed by atoms with Crippen molar-refractivity contribution in [2.75, 3.05) is 7.05 Å². The average molecular weight is 452 g/mol. The van der Waals surface area contributed by atoms with E-state index in [0.29, 0.717) is 40.9 Å². The van der Waals surface area contributed by atoms with Gasteiger partial charge in [-0.1, -0.05) is 48.5 Å². The number of benzene rings is 3. The second-order valence-electron chi connectivity index (χ2n) is 8.47. The maximum Gasteiger partial charge on any atom is 0.200 e. The Morgan fingerprint density at radius 2 is 1.68 bits per heavy atom. The lowest BCUT2D eigenvalue weighted by molar-refractivity contribution is 0.312. The summed E-state index contributed by atoms with van der Waals surface area (Å²) in [5, 5.41) is 15.6. The van der Waals surface area contributed by atoms with Crippen molar-refractivity contribution in [3.63, 3.8) is 0 Å². The third-order valence-corrected chi connectivity index (χ3v) is 5.91. The second kappa shape index (κ2) is 9.00. The number of phenolic OH excluding ortho intramolecular Hbond substituents is 1. The predicted octanol–water partition coefficient (Wildman–Crippen LogP) is 5.29. The zero-order valence-corrected chi connectivity index (χ0v) is 19.1. The van der Waals surface area contributed by atoms with Gasteiger partial charge in [0, 0.05) is 24.8 Å². The van der Waals surface area contributed by atoms with Gasteiger partial charge in [0.05, 0.1) is 28.4 Å². The third-order valence-electron chi connectivity index (χ3n) is 5.91. The number of hydrogen-bond acceptors (Lipinski definition) is 5. The summed E-state index contributed by atoms with van der Waals surface area (Å²) in [7, 11) is 1.96. The molecule has 5 aromatic rings. The highest BCUT2D eigenvalue weighted by Crippen LogP contribution is 2.31. The SMILES string of the molecule is Cc1oc2c(CN(C)Cc3cnn(-c4ccccc4)c3)c(O)ccc2c(=O)c1-c1ccccc1. The Labute approximate surface area is 197 Å². The summed E-state index contributed by atoms with van der Waals surface area (Å²) in [6, 6.07) is 22.6. The van der Waals surface area contributed by atoms with Crippen LogP contribution in [-0.4, -0.2) is 26.8 Å². The Hall–Kier alpha value is -4.16. The molecule has 0 aliphatic rings. The van der Waals surface area contributed by atoms with E-state index in [2.05, 4.69) is 10.00 Å². The average Bonchev–Trinajstić information content (AvgIpc) is 3.31. The maximum atomic E-state index is 13.4. The number of para-hydroxylation sites is 1. The van der Waals surface area contributed by atoms with Gasteiger partial charge in [0.1, 0.15) is 17.1 Å². The molecule has 0 radical (unpaired) electrons. The molecule has 170 valence electrons. The minimum Gasteiger partial charge on any atom is -0.507 e. The standard InChI is InChI=1S/C28H25N3O3/c1-19-26(21-9-5-3-6-10-21)27(33)23-13-14-25(32)24(28(23)34-19)18-30(2)16-20-15-29-31(17-20)22-11-7-4-8-12-22/h3-15,17,32H,16,18H2,1-2H3. The molecule has 2 aromatic heterocycles. The Morgan fingerprint density at radius 3 is 2.41 bits per heavy atom. The Bertz CT molecular complexity index is 1510. The lowest BCUT2D eigenvalue weighted by atomic mass is 10.0. The predicted molar refractivity (Wildman–Crippen MR) is 133 cm³/mol. The van der Waals surface area contributed by atoms with Gasteiger partial charge in [0.25, 0.3) is 0 Å². The van der Waals surface area contributed by atoms with Crippen molar-refractivity contribution in [2.24, 2.45) is 0 Å². The number of aromatic nitrogens is 2. The van der Waals surface area contributed by atoms with Crippen LogP contribution in [0.25, 0.3) is 27.8 Å². The van der Waals surface area contributed by atoms with Crippen molar-refractivity contribution in [3.8, 4) is 22.6 Å². The van der Waals surface area contributed by atoms with Crippen molar-refractivity contribution in [2.45, 2.75) is 20.0 Å². The van der Waals surface area contributed by atoms with Crippen LogP contribution in [0.4, 0.5) is 0 Å². The molecule has 0 saturated heterocycles. The summed E-state index contributed by atoms with van der Waals surface area (Å²) in [6.07, 6.45) is 3.83. The molecule has 0 spiro atoms. The molecule has 5 rings (SSSR count). The van der Waals surface area contributed by atoms with Gasteiger partial charge in [-0.15, -0.1) is 0 Å². The molecule has 2 heterocycles. The Kier molecular flexibility index (Phi) is 5.74. The Morgan fingerprint density at radius 1 is 0.971 bits per heavy atom. The highest BCUT2D eigenvalue weighted by atomic mass is 16.3. The first-order valence-electron chi connectivity index (χ1n) is 11.1. The normalized spacial score (nSPS) is 11.4. The molecular weight excluding hydrogens is 426 g/mol. The fourth-order valence-corrected chi connectivity index (χ4v) is 4.30. The van der Waals surface area contributed by atoms with Gasteiger partial charge in [-0.3, -0.25) is 9.69 Å². The monoisotopic (exact) mass is 451 g/mol. The lowest BCUT2D eigenvalue weighted by Gasteiger charge is -2.18. The summed E-state index contributed by atoms with van der Waals surface area (Å²) < 4.78 is 7.99. The van der Waals surface area contributed by atoms with Crippen molar-refractivity contribution < 1.29 is 9.52 Å². The number of phenols is 1. The summed E-state index contributed by atoms with van der Waals surface area (Å²) in [4.78, 5) is 15.4. The van der Waals surface area contributed by atoms with Gasteiger partial charge in [-0.2, -0.15) is 5.10 Å². The molecule has 0 atom stereocenters. The van der Waals surface area contributed by atoms with Crippen LogP contribution in [0.1, 0.15) is 16.9 Å². The van der Waals surface area contributed by atoms with E-state index in [1.165, 1.54) is 0 Å². The Balaban J connectivity index is 1.45. The number of hydrogen-bond donors (Lipinski definition) is 1. The van der Waals surface area contributed by atoms with Crippen LogP contribution >= 0.6 is 0 Å². The number of rotatable bonds is 6. The highest BCUT2D eigenvalue weighted by molar-refractivity contribution is 5.86. The van der Waals surface area contributed by atoms with Crippen molar-refractivity contribution >= 4 is 11.0 Å². The number of aromatic hydroxyl groups is 1. The van der Waals surface area contributed by atoms with Crippen LogP contribution < -0.4 is 5.43 Å². The van der Waals surface area contributed by atoms with Crippen LogP contribution in [-0.2, 0) is 13.1 Å². The topological polar surface area (TPSA) is 71.5 Å². The van der Waals surface area contributed by atoms with E-state index < -0.39 is 0 Å². The fourth-order valence-electron chi connectivity index (χ4n) is 4.30. The summed E-state index contributed by atoms with van der Waals surface area (Å²) in [5.74, 6) is 0.636. The van der Waals surface area contributed by atoms with Crippen LogP contribution in [0, 0.1) is 6.92 Å². The largest absolute Gasteiger partial charge is 0.507 e. The van der Waals surface area contributed by atoms with Gasteiger partial charge in [-0.25, -0.2) is 4.68 Å². The maximum absolute atomic E-state index is 13.4. The first kappa shape index (κ1) is 21.7. The van der Waals surface area contributed by atoms with Crippen molar-refractivity contribution in [1.29, 1.82) is 0 Å². The van der Waals surface area contributed by atoms with Gasteiger partial charge < -0.3 is 9.52 Å². The molecule has 0 aliphatic heterocycles. The molecule has 6 nitrogen and oxygen atoms in total. The lowest BCUT2D eigenvalue weighted by Crippen LogP contribution is -2.18. The molecule has 0 unspecified atom stereocenters. The van der Waals surface area contributed by atoms with Crippen LogP contribution in [0.3, 0.4) is 0 Å². The van der Waals surface area contributed by atoms with E-state index in [0.717, 1.165) is 16.8 Å². The zero-order valence-electron chi connectivity index (χ0n) is 19.1. The van der Waals surface area contributed by atoms with Crippen molar-refractivity contribution in [3.05, 3.63) is 112 Å². The first-order valence-corrected chi connectivity index (χ1v) is 11.1. The molecule has 34 heavy (non-hydrogen) atoms.